The van der Waals surface area contributed by atoms with Crippen LogP contribution in [0.25, 0.3) is 0 Å². The fraction of sp³-hybridized carbons (Fsp3) is 0.593. The van der Waals surface area contributed by atoms with Crippen molar-refractivity contribution in [1.82, 2.24) is 0 Å². The Morgan fingerprint density at radius 1 is 1.16 bits per heavy atom. The number of aliphatic carboxylic acids is 1. The van der Waals surface area contributed by atoms with Gasteiger partial charge in [0.25, 0.3) is 0 Å². The molecule has 0 radical (unpaired) electrons. The molecule has 5 N–H and O–H groups in total. The Hall–Kier alpha value is -2.83. The number of carbonyl (C=O) groups is 2. The van der Waals surface area contributed by atoms with E-state index in [4.69, 9.17) is 19.3 Å². The van der Waals surface area contributed by atoms with Gasteiger partial charge in [-0.1, -0.05) is 12.2 Å². The van der Waals surface area contributed by atoms with Crippen molar-refractivity contribution in [1.29, 1.82) is 0 Å². The number of carboxylic acids is 1. The minimum Gasteiger partial charge on any atom is -0.481 e. The maximum Gasteiger partial charge on any atom is 0.308 e. The summed E-state index contributed by atoms with van der Waals surface area (Å²) in [6, 6.07) is 3.05. The van der Waals surface area contributed by atoms with Crippen molar-refractivity contribution in [2.45, 2.75) is 89.2 Å². The first-order valence-corrected chi connectivity index (χ1v) is 12.5. The highest BCUT2D eigenvalue weighted by Gasteiger charge is 2.46. The molecule has 2 aliphatic rings. The number of aliphatic hydroxyl groups is 4. The maximum atomic E-state index is 12.9. The van der Waals surface area contributed by atoms with Crippen LogP contribution in [0.5, 0.6) is 5.75 Å². The van der Waals surface area contributed by atoms with E-state index >= 15 is 0 Å². The minimum absolute atomic E-state index is 0.101. The summed E-state index contributed by atoms with van der Waals surface area (Å²) in [4.78, 5) is 35.9. The molecule has 0 spiro atoms. The summed E-state index contributed by atoms with van der Waals surface area (Å²) >= 11 is 0. The number of ether oxygens (including phenoxy) is 3. The Morgan fingerprint density at radius 2 is 1.84 bits per heavy atom. The Balaban J connectivity index is 1.75. The van der Waals surface area contributed by atoms with Crippen LogP contribution >= 0.6 is 0 Å². The fourth-order valence-corrected chi connectivity index (χ4v) is 4.83. The zero-order valence-electron chi connectivity index (χ0n) is 21.8. The van der Waals surface area contributed by atoms with E-state index in [1.54, 1.807) is 6.07 Å². The fourth-order valence-electron chi connectivity index (χ4n) is 4.83. The first-order chi connectivity index (χ1) is 17.7. The monoisotopic (exact) mass is 536 g/mol. The molecule has 1 heterocycles. The maximum absolute atomic E-state index is 12.9. The van der Waals surface area contributed by atoms with Gasteiger partial charge in [-0.2, -0.15) is 0 Å². The van der Waals surface area contributed by atoms with E-state index in [-0.39, 0.29) is 5.75 Å². The molecular formula is C27H36O11. The molecule has 0 aromatic heterocycles. The van der Waals surface area contributed by atoms with Crippen molar-refractivity contribution in [2.75, 3.05) is 6.61 Å². The van der Waals surface area contributed by atoms with Crippen LogP contribution in [-0.4, -0.2) is 80.4 Å². The highest BCUT2D eigenvalue weighted by molar-refractivity contribution is 5.73. The van der Waals surface area contributed by atoms with E-state index < -0.39 is 73.1 Å². The van der Waals surface area contributed by atoms with Gasteiger partial charge in [-0.15, -0.1) is 0 Å². The second-order valence-electron chi connectivity index (χ2n) is 10.5. The van der Waals surface area contributed by atoms with Crippen molar-refractivity contribution in [2.24, 2.45) is 5.92 Å². The summed E-state index contributed by atoms with van der Waals surface area (Å²) in [7, 11) is 0. The molecular weight excluding hydrogens is 500 g/mol. The molecule has 1 fully saturated rings. The quantitative estimate of drug-likeness (QED) is 0.217. The van der Waals surface area contributed by atoms with E-state index in [2.05, 4.69) is 6.58 Å². The molecule has 0 amide bonds. The molecule has 1 saturated heterocycles. The summed E-state index contributed by atoms with van der Waals surface area (Å²) in [6.07, 6.45) is -7.06. The summed E-state index contributed by atoms with van der Waals surface area (Å²) in [5.74, 6) is -2.06. The number of esters is 1. The van der Waals surface area contributed by atoms with Gasteiger partial charge in [-0.25, -0.2) is 0 Å². The first kappa shape index (κ1) is 29.7. The van der Waals surface area contributed by atoms with Gasteiger partial charge in [0.1, 0.15) is 31.0 Å². The largest absolute Gasteiger partial charge is 0.481 e. The highest BCUT2D eigenvalue weighted by atomic mass is 16.7. The standard InChI is InChI=1S/C27H36O11/c1-13(2)15-5-6-16-9-19(18(28)7-14(3)17(16)8-15)37-26-25(34)24(33)23(32)20(38-26)12-36-22(31)11-27(4,35)10-21(29)30/h7,9,15,20,23-26,32-35H,1,5-6,8,10-12H2,2-4H3,(H,29,30)/t15-,20-,23-,24+,25-,26-,27?/m1/s1. The Bertz CT molecular complexity index is 1130. The average Bonchev–Trinajstić information content (AvgIpc) is 2.92. The second-order valence-corrected chi connectivity index (χ2v) is 10.5. The summed E-state index contributed by atoms with van der Waals surface area (Å²) in [6.45, 7) is 8.45. The third-order valence-corrected chi connectivity index (χ3v) is 7.05. The molecule has 210 valence electrons. The number of aliphatic hydroxyl groups excluding tert-OH is 3. The molecule has 1 aliphatic carbocycles. The van der Waals surface area contributed by atoms with Crippen LogP contribution in [0, 0.1) is 12.8 Å². The molecule has 0 saturated carbocycles. The number of hydrogen-bond donors (Lipinski definition) is 5. The summed E-state index contributed by atoms with van der Waals surface area (Å²) in [5, 5.41) is 50.0. The highest BCUT2D eigenvalue weighted by Crippen LogP contribution is 2.32. The molecule has 1 aromatic carbocycles. The van der Waals surface area contributed by atoms with Crippen LogP contribution in [-0.2, 0) is 31.9 Å². The lowest BCUT2D eigenvalue weighted by molar-refractivity contribution is -0.278. The molecule has 1 unspecified atom stereocenters. The third kappa shape index (κ3) is 7.17. The molecule has 7 atom stereocenters. The van der Waals surface area contributed by atoms with Gasteiger partial charge < -0.3 is 39.7 Å². The average molecular weight is 537 g/mol. The minimum atomic E-state index is -1.86. The molecule has 1 aromatic rings. The lowest BCUT2D eigenvalue weighted by Gasteiger charge is -2.39. The summed E-state index contributed by atoms with van der Waals surface area (Å²) < 4.78 is 16.3. The van der Waals surface area contributed by atoms with Gasteiger partial charge in [-0.05, 0) is 74.8 Å². The van der Waals surface area contributed by atoms with Gasteiger partial charge in [0.05, 0.1) is 18.4 Å². The van der Waals surface area contributed by atoms with E-state index in [9.17, 15) is 34.8 Å². The van der Waals surface area contributed by atoms with Crippen molar-refractivity contribution in [3.63, 3.8) is 0 Å². The topological polar surface area (TPSA) is 180 Å². The molecule has 11 nitrogen and oxygen atoms in total. The molecule has 3 rings (SSSR count). The van der Waals surface area contributed by atoms with E-state index in [0.717, 1.165) is 42.0 Å². The van der Waals surface area contributed by atoms with Crippen LogP contribution in [0.15, 0.2) is 29.1 Å². The Kier molecular flexibility index (Phi) is 9.32. The van der Waals surface area contributed by atoms with Crippen molar-refractivity contribution >= 4 is 11.9 Å². The van der Waals surface area contributed by atoms with E-state index in [1.165, 1.54) is 6.07 Å². The number of aryl methyl sites for hydroxylation is 2. The Morgan fingerprint density at radius 3 is 2.47 bits per heavy atom. The van der Waals surface area contributed by atoms with Gasteiger partial charge >= 0.3 is 11.9 Å². The van der Waals surface area contributed by atoms with Crippen LogP contribution < -0.4 is 10.2 Å². The van der Waals surface area contributed by atoms with Gasteiger partial charge in [0, 0.05) is 0 Å². The molecule has 38 heavy (non-hydrogen) atoms. The third-order valence-electron chi connectivity index (χ3n) is 7.05. The van der Waals surface area contributed by atoms with Crippen molar-refractivity contribution in [3.8, 4) is 5.75 Å². The lowest BCUT2D eigenvalue weighted by Crippen LogP contribution is -2.60. The predicted molar refractivity (Wildman–Crippen MR) is 134 cm³/mol. The SMILES string of the molecule is C=C(C)[C@@H]1CCc2cc(O[C@@H]3O[C@H](COC(=O)CC(C)(O)CC(=O)O)[C@@H](O)[C@H](O)[C@H]3O)c(=O)cc(C)c2C1. The van der Waals surface area contributed by atoms with Crippen LogP contribution in [0.3, 0.4) is 0 Å². The lowest BCUT2D eigenvalue weighted by atomic mass is 9.80. The second kappa shape index (κ2) is 11.9. The van der Waals surface area contributed by atoms with Crippen LogP contribution in [0.1, 0.15) is 49.8 Å². The normalized spacial score (nSPS) is 28.5. The van der Waals surface area contributed by atoms with Crippen LogP contribution in [0.4, 0.5) is 0 Å². The zero-order valence-corrected chi connectivity index (χ0v) is 21.8. The zero-order chi connectivity index (χ0) is 28.4. The summed E-state index contributed by atoms with van der Waals surface area (Å²) in [5.41, 5.74) is 1.51. The first-order valence-electron chi connectivity index (χ1n) is 12.5. The van der Waals surface area contributed by atoms with Gasteiger partial charge in [-0.3, -0.25) is 14.4 Å². The smallest absolute Gasteiger partial charge is 0.308 e. The van der Waals surface area contributed by atoms with Gasteiger partial charge in [0.2, 0.25) is 11.7 Å². The Labute approximate surface area is 220 Å². The molecule has 11 heteroatoms. The van der Waals surface area contributed by atoms with Crippen molar-refractivity contribution in [3.05, 3.63) is 51.2 Å². The van der Waals surface area contributed by atoms with Gasteiger partial charge in [0.15, 0.2) is 5.75 Å². The predicted octanol–water partition coefficient (Wildman–Crippen LogP) is 0.382. The van der Waals surface area contributed by atoms with Crippen molar-refractivity contribution < 1.29 is 49.3 Å². The van der Waals surface area contributed by atoms with E-state index in [0.29, 0.717) is 12.3 Å². The number of carboxylic acid groups (broad SMARTS) is 1. The number of hydrogen-bond acceptors (Lipinski definition) is 10. The van der Waals surface area contributed by atoms with E-state index in [1.807, 2.05) is 13.8 Å². The number of allylic oxidation sites excluding steroid dienone is 1. The van der Waals surface area contributed by atoms with Crippen LogP contribution in [0.2, 0.25) is 0 Å². The molecule has 1 aliphatic heterocycles. The number of rotatable bonds is 9. The number of fused-ring (bicyclic) bond motifs is 1. The number of carbonyl (C=O) groups excluding carboxylic acids is 1. The molecule has 0 bridgehead atoms.